The lowest BCUT2D eigenvalue weighted by molar-refractivity contribution is -0.127. The number of amides is 1. The van der Waals surface area contributed by atoms with Crippen LogP contribution in [-0.4, -0.2) is 5.91 Å². The van der Waals surface area contributed by atoms with Crippen molar-refractivity contribution in [1.29, 1.82) is 0 Å². The van der Waals surface area contributed by atoms with Crippen molar-refractivity contribution >= 4 is 5.91 Å². The monoisotopic (exact) mass is 335 g/mol. The van der Waals surface area contributed by atoms with Gasteiger partial charge in [-0.2, -0.15) is 0 Å². The molecule has 3 rings (SSSR count). The largest absolute Gasteiger partial charge is 0.349 e. The minimum Gasteiger partial charge on any atom is -0.349 e. The van der Waals surface area contributed by atoms with E-state index in [4.69, 9.17) is 0 Å². The van der Waals surface area contributed by atoms with Crippen LogP contribution in [0.15, 0.2) is 48.5 Å². The van der Waals surface area contributed by atoms with Crippen LogP contribution in [0.2, 0.25) is 0 Å². The number of hydrogen-bond donors (Lipinski definition) is 1. The lowest BCUT2D eigenvalue weighted by Gasteiger charge is -2.31. The number of nitrogens with one attached hydrogen (secondary N) is 1. The van der Waals surface area contributed by atoms with Crippen LogP contribution < -0.4 is 5.32 Å². The molecule has 1 amide bonds. The zero-order valence-electron chi connectivity index (χ0n) is 15.6. The van der Waals surface area contributed by atoms with Crippen LogP contribution in [0.4, 0.5) is 0 Å². The van der Waals surface area contributed by atoms with Crippen LogP contribution >= 0.6 is 0 Å². The van der Waals surface area contributed by atoms with Crippen molar-refractivity contribution in [1.82, 2.24) is 5.32 Å². The lowest BCUT2D eigenvalue weighted by Crippen LogP contribution is -2.44. The molecule has 1 fully saturated rings. The second-order valence-corrected chi connectivity index (χ2v) is 7.45. The molecule has 2 aromatic rings. The summed E-state index contributed by atoms with van der Waals surface area (Å²) in [7, 11) is 0. The molecular formula is C23H29NO. The fourth-order valence-corrected chi connectivity index (χ4v) is 4.30. The average molecular weight is 335 g/mol. The summed E-state index contributed by atoms with van der Waals surface area (Å²) in [6.07, 6.45) is 5.06. The number of rotatable bonds is 5. The molecule has 1 atom stereocenters. The maximum Gasteiger partial charge on any atom is 0.231 e. The Labute approximate surface area is 151 Å². The van der Waals surface area contributed by atoms with Crippen LogP contribution in [0.1, 0.15) is 67.3 Å². The summed E-state index contributed by atoms with van der Waals surface area (Å²) in [4.78, 5) is 13.4. The molecule has 0 saturated heterocycles. The van der Waals surface area contributed by atoms with Gasteiger partial charge in [0.15, 0.2) is 0 Å². The van der Waals surface area contributed by atoms with Crippen molar-refractivity contribution in [2.45, 2.75) is 64.3 Å². The Bertz CT molecular complexity index is 729. The normalized spacial score (nSPS) is 17.2. The highest BCUT2D eigenvalue weighted by molar-refractivity contribution is 5.89. The molecule has 25 heavy (non-hydrogen) atoms. The zero-order chi connectivity index (χ0) is 17.9. The SMILES string of the molecule is CC[C@@H](NC(=O)C1(c2ccccc2)CCCC1)c1ccc(C)cc1C. The first kappa shape index (κ1) is 17.7. The van der Waals surface area contributed by atoms with E-state index in [1.165, 1.54) is 22.3 Å². The van der Waals surface area contributed by atoms with Crippen molar-refractivity contribution in [3.05, 3.63) is 70.8 Å². The minimum atomic E-state index is -0.354. The van der Waals surface area contributed by atoms with Gasteiger partial charge in [-0.15, -0.1) is 0 Å². The number of aryl methyl sites for hydroxylation is 2. The van der Waals surface area contributed by atoms with Crippen molar-refractivity contribution in [2.24, 2.45) is 0 Å². The maximum atomic E-state index is 13.4. The summed E-state index contributed by atoms with van der Waals surface area (Å²) in [5, 5.41) is 3.39. The second-order valence-electron chi connectivity index (χ2n) is 7.45. The van der Waals surface area contributed by atoms with Crippen LogP contribution in [0.25, 0.3) is 0 Å². The number of carbonyl (C=O) groups is 1. The number of carbonyl (C=O) groups excluding carboxylic acids is 1. The summed E-state index contributed by atoms with van der Waals surface area (Å²) < 4.78 is 0. The molecule has 1 aliphatic carbocycles. The minimum absolute atomic E-state index is 0.0780. The number of hydrogen-bond acceptors (Lipinski definition) is 1. The van der Waals surface area contributed by atoms with Crippen LogP contribution in [0, 0.1) is 13.8 Å². The van der Waals surface area contributed by atoms with Gasteiger partial charge in [0, 0.05) is 0 Å². The van der Waals surface area contributed by atoms with Gasteiger partial charge < -0.3 is 5.32 Å². The molecule has 2 heteroatoms. The van der Waals surface area contributed by atoms with E-state index in [9.17, 15) is 4.79 Å². The molecule has 0 aromatic heterocycles. The van der Waals surface area contributed by atoms with Crippen LogP contribution in [-0.2, 0) is 10.2 Å². The predicted molar refractivity (Wildman–Crippen MR) is 104 cm³/mol. The van der Waals surface area contributed by atoms with E-state index in [-0.39, 0.29) is 17.4 Å². The third-order valence-electron chi connectivity index (χ3n) is 5.73. The number of benzene rings is 2. The van der Waals surface area contributed by atoms with Crippen molar-refractivity contribution in [3.8, 4) is 0 Å². The predicted octanol–water partition coefficient (Wildman–Crippen LogP) is 5.38. The van der Waals surface area contributed by atoms with Gasteiger partial charge in [0.05, 0.1) is 11.5 Å². The van der Waals surface area contributed by atoms with Crippen LogP contribution in [0.3, 0.4) is 0 Å². The first-order valence-corrected chi connectivity index (χ1v) is 9.50. The van der Waals surface area contributed by atoms with Crippen molar-refractivity contribution in [2.75, 3.05) is 0 Å². The molecule has 2 aromatic carbocycles. The van der Waals surface area contributed by atoms with Crippen molar-refractivity contribution in [3.63, 3.8) is 0 Å². The summed E-state index contributed by atoms with van der Waals surface area (Å²) in [6, 6.07) is 16.9. The first-order valence-electron chi connectivity index (χ1n) is 9.50. The summed E-state index contributed by atoms with van der Waals surface area (Å²) >= 11 is 0. The van der Waals surface area contributed by atoms with Gasteiger partial charge in [-0.25, -0.2) is 0 Å². The molecule has 0 heterocycles. The Hall–Kier alpha value is -2.09. The summed E-state index contributed by atoms with van der Waals surface area (Å²) in [6.45, 7) is 6.40. The molecule has 1 N–H and O–H groups in total. The summed E-state index contributed by atoms with van der Waals surface area (Å²) in [5.41, 5.74) is 4.57. The molecular weight excluding hydrogens is 306 g/mol. The summed E-state index contributed by atoms with van der Waals surface area (Å²) in [5.74, 6) is 0.197. The Kier molecular flexibility index (Phi) is 5.27. The quantitative estimate of drug-likeness (QED) is 0.780. The molecule has 1 aliphatic rings. The highest BCUT2D eigenvalue weighted by Crippen LogP contribution is 2.42. The molecule has 2 nitrogen and oxygen atoms in total. The highest BCUT2D eigenvalue weighted by Gasteiger charge is 2.43. The average Bonchev–Trinajstić information content (AvgIpc) is 3.12. The Morgan fingerprint density at radius 2 is 1.76 bits per heavy atom. The van der Waals surface area contributed by atoms with Crippen molar-refractivity contribution < 1.29 is 4.79 Å². The standard InChI is InChI=1S/C23H29NO/c1-4-21(20-13-12-17(2)16-18(20)3)24-22(25)23(14-8-9-15-23)19-10-6-5-7-11-19/h5-7,10-13,16,21H,4,8-9,14-15H2,1-3H3,(H,24,25)/t21-/m1/s1. The van der Waals surface area contributed by atoms with Gasteiger partial charge in [0.25, 0.3) is 0 Å². The van der Waals surface area contributed by atoms with Gasteiger partial charge in [0.2, 0.25) is 5.91 Å². The topological polar surface area (TPSA) is 29.1 Å². The third kappa shape index (κ3) is 3.49. The zero-order valence-corrected chi connectivity index (χ0v) is 15.6. The van der Waals surface area contributed by atoms with E-state index in [0.29, 0.717) is 0 Å². The Morgan fingerprint density at radius 1 is 1.08 bits per heavy atom. The molecule has 0 radical (unpaired) electrons. The smallest absolute Gasteiger partial charge is 0.231 e. The third-order valence-corrected chi connectivity index (χ3v) is 5.73. The lowest BCUT2D eigenvalue weighted by atomic mass is 9.77. The van der Waals surface area contributed by atoms with E-state index >= 15 is 0 Å². The van der Waals surface area contributed by atoms with E-state index in [1.807, 2.05) is 18.2 Å². The van der Waals surface area contributed by atoms with E-state index in [2.05, 4.69) is 56.4 Å². The van der Waals surface area contributed by atoms with Gasteiger partial charge >= 0.3 is 0 Å². The Balaban J connectivity index is 1.88. The molecule has 0 aliphatic heterocycles. The fraction of sp³-hybridized carbons (Fsp3) is 0.435. The molecule has 0 spiro atoms. The second kappa shape index (κ2) is 7.43. The van der Waals surface area contributed by atoms with Gasteiger partial charge in [-0.05, 0) is 49.8 Å². The maximum absolute atomic E-state index is 13.4. The van der Waals surface area contributed by atoms with Gasteiger partial charge in [0.1, 0.15) is 0 Å². The van der Waals surface area contributed by atoms with E-state index in [1.54, 1.807) is 0 Å². The van der Waals surface area contributed by atoms with E-state index in [0.717, 1.165) is 32.1 Å². The van der Waals surface area contributed by atoms with Gasteiger partial charge in [-0.3, -0.25) is 4.79 Å². The highest BCUT2D eigenvalue weighted by atomic mass is 16.2. The first-order chi connectivity index (χ1) is 12.1. The molecule has 0 bridgehead atoms. The molecule has 132 valence electrons. The molecule has 0 unspecified atom stereocenters. The fourth-order valence-electron chi connectivity index (χ4n) is 4.30. The van der Waals surface area contributed by atoms with E-state index < -0.39 is 0 Å². The van der Waals surface area contributed by atoms with Crippen LogP contribution in [0.5, 0.6) is 0 Å². The Morgan fingerprint density at radius 3 is 2.36 bits per heavy atom. The van der Waals surface area contributed by atoms with Gasteiger partial charge in [-0.1, -0.05) is 73.9 Å². The molecule has 1 saturated carbocycles.